The van der Waals surface area contributed by atoms with Gasteiger partial charge in [-0.2, -0.15) is 5.10 Å². The van der Waals surface area contributed by atoms with Crippen LogP contribution in [0.15, 0.2) is 18.5 Å². The van der Waals surface area contributed by atoms with Crippen molar-refractivity contribution in [3.05, 3.63) is 29.4 Å². The number of aromatic nitrogens is 4. The van der Waals surface area contributed by atoms with Gasteiger partial charge in [0.2, 0.25) is 0 Å². The molecule has 0 spiro atoms. The Labute approximate surface area is 103 Å². The highest BCUT2D eigenvalue weighted by Crippen LogP contribution is 2.23. The maximum absolute atomic E-state index is 5.94. The number of halogens is 2. The highest BCUT2D eigenvalue weighted by molar-refractivity contribution is 6.29. The van der Waals surface area contributed by atoms with Crippen molar-refractivity contribution in [2.75, 3.05) is 0 Å². The molecule has 2 aromatic rings. The Morgan fingerprint density at radius 1 is 1.38 bits per heavy atom. The molecule has 6 heteroatoms. The molecule has 0 amide bonds. The lowest BCUT2D eigenvalue weighted by Crippen LogP contribution is -1.97. The first-order chi connectivity index (χ1) is 7.56. The number of hydrogen-bond acceptors (Lipinski definition) is 3. The van der Waals surface area contributed by atoms with Crippen LogP contribution in [-0.2, 0) is 7.05 Å². The summed E-state index contributed by atoms with van der Waals surface area (Å²) in [6, 6.07) is 1.70. The highest BCUT2D eigenvalue weighted by atomic mass is 35.5. The normalized spacial score (nSPS) is 12.8. The van der Waals surface area contributed by atoms with Gasteiger partial charge in [0.25, 0.3) is 0 Å². The fraction of sp³-hybridized carbons (Fsp3) is 0.300. The van der Waals surface area contributed by atoms with E-state index in [4.69, 9.17) is 23.2 Å². The van der Waals surface area contributed by atoms with E-state index < -0.39 is 0 Å². The van der Waals surface area contributed by atoms with Crippen LogP contribution in [0.2, 0.25) is 5.15 Å². The molecule has 0 aliphatic carbocycles. The van der Waals surface area contributed by atoms with E-state index in [1.54, 1.807) is 23.9 Å². The van der Waals surface area contributed by atoms with Crippen LogP contribution in [0, 0.1) is 0 Å². The van der Waals surface area contributed by atoms with Crippen molar-refractivity contribution in [3.8, 4) is 11.3 Å². The van der Waals surface area contributed by atoms with Gasteiger partial charge in [-0.15, -0.1) is 11.6 Å². The molecule has 2 rings (SSSR count). The first kappa shape index (κ1) is 11.4. The summed E-state index contributed by atoms with van der Waals surface area (Å²) in [6.45, 7) is 1.81. The Morgan fingerprint density at radius 3 is 2.69 bits per heavy atom. The van der Waals surface area contributed by atoms with E-state index in [0.29, 0.717) is 11.0 Å². The SMILES string of the molecule is CC(Cl)c1nc(Cl)cc(-c2cnn(C)c2)n1. The molecule has 1 atom stereocenters. The van der Waals surface area contributed by atoms with Gasteiger partial charge in [-0.25, -0.2) is 9.97 Å². The zero-order valence-corrected chi connectivity index (χ0v) is 10.4. The molecule has 0 radical (unpaired) electrons. The minimum atomic E-state index is -0.269. The Morgan fingerprint density at radius 2 is 2.12 bits per heavy atom. The molecule has 84 valence electrons. The van der Waals surface area contributed by atoms with Crippen molar-refractivity contribution in [3.63, 3.8) is 0 Å². The molecular formula is C10H10Cl2N4. The van der Waals surface area contributed by atoms with Crippen LogP contribution < -0.4 is 0 Å². The summed E-state index contributed by atoms with van der Waals surface area (Å²) in [5.41, 5.74) is 1.63. The number of alkyl halides is 1. The van der Waals surface area contributed by atoms with Crippen LogP contribution in [0.4, 0.5) is 0 Å². The fourth-order valence-electron chi connectivity index (χ4n) is 1.31. The van der Waals surface area contributed by atoms with Gasteiger partial charge in [-0.05, 0) is 6.92 Å². The summed E-state index contributed by atoms with van der Waals surface area (Å²) >= 11 is 11.8. The van der Waals surface area contributed by atoms with Crippen molar-refractivity contribution < 1.29 is 0 Å². The van der Waals surface area contributed by atoms with Gasteiger partial charge in [0.05, 0.1) is 17.3 Å². The average molecular weight is 257 g/mol. The van der Waals surface area contributed by atoms with Crippen molar-refractivity contribution in [2.24, 2.45) is 7.05 Å². The highest BCUT2D eigenvalue weighted by Gasteiger charge is 2.10. The van der Waals surface area contributed by atoms with Crippen LogP contribution in [0.25, 0.3) is 11.3 Å². The number of hydrogen-bond donors (Lipinski definition) is 0. The van der Waals surface area contributed by atoms with Crippen LogP contribution in [0.1, 0.15) is 18.1 Å². The molecule has 0 saturated carbocycles. The lowest BCUT2D eigenvalue weighted by atomic mass is 10.2. The summed E-state index contributed by atoms with van der Waals surface area (Å²) in [6.07, 6.45) is 3.59. The zero-order valence-electron chi connectivity index (χ0n) is 8.85. The standard InChI is InChI=1S/C10H10Cl2N4/c1-6(11)10-14-8(3-9(12)15-10)7-4-13-16(2)5-7/h3-6H,1-2H3. The van der Waals surface area contributed by atoms with Gasteiger partial charge < -0.3 is 0 Å². The maximum Gasteiger partial charge on any atom is 0.148 e. The van der Waals surface area contributed by atoms with Crippen molar-refractivity contribution in [1.82, 2.24) is 19.7 Å². The fourth-order valence-corrected chi connectivity index (χ4v) is 1.60. The number of nitrogens with zero attached hydrogens (tertiary/aromatic N) is 4. The third kappa shape index (κ3) is 2.33. The summed E-state index contributed by atoms with van der Waals surface area (Å²) in [7, 11) is 1.84. The molecule has 16 heavy (non-hydrogen) atoms. The Bertz CT molecular complexity index is 507. The lowest BCUT2D eigenvalue weighted by Gasteiger charge is -2.04. The zero-order chi connectivity index (χ0) is 11.7. The van der Waals surface area contributed by atoms with Crippen molar-refractivity contribution >= 4 is 23.2 Å². The number of aryl methyl sites for hydroxylation is 1. The molecule has 4 nitrogen and oxygen atoms in total. The van der Waals surface area contributed by atoms with Gasteiger partial charge in [-0.1, -0.05) is 11.6 Å². The molecule has 0 aliphatic rings. The second kappa shape index (κ2) is 4.39. The minimum absolute atomic E-state index is 0.269. The predicted molar refractivity (Wildman–Crippen MR) is 63.5 cm³/mol. The maximum atomic E-state index is 5.94. The molecule has 0 aromatic carbocycles. The first-order valence-electron chi connectivity index (χ1n) is 4.74. The van der Waals surface area contributed by atoms with E-state index in [9.17, 15) is 0 Å². The summed E-state index contributed by atoms with van der Waals surface area (Å²) in [5.74, 6) is 0.521. The second-order valence-electron chi connectivity index (χ2n) is 3.45. The molecule has 0 saturated heterocycles. The van der Waals surface area contributed by atoms with E-state index in [1.807, 2.05) is 13.2 Å². The lowest BCUT2D eigenvalue weighted by molar-refractivity contribution is 0.768. The molecule has 2 heterocycles. The molecule has 2 aromatic heterocycles. The van der Waals surface area contributed by atoms with Gasteiger partial charge in [0.1, 0.15) is 11.0 Å². The van der Waals surface area contributed by atoms with E-state index in [1.165, 1.54) is 0 Å². The Kier molecular flexibility index (Phi) is 3.12. The molecule has 0 N–H and O–H groups in total. The topological polar surface area (TPSA) is 43.6 Å². The van der Waals surface area contributed by atoms with Gasteiger partial charge in [0, 0.05) is 24.9 Å². The molecule has 0 aliphatic heterocycles. The van der Waals surface area contributed by atoms with Gasteiger partial charge in [-0.3, -0.25) is 4.68 Å². The Hall–Kier alpha value is -1.13. The molecule has 0 bridgehead atoms. The van der Waals surface area contributed by atoms with Crippen LogP contribution in [-0.4, -0.2) is 19.7 Å². The average Bonchev–Trinajstić information content (AvgIpc) is 2.64. The summed E-state index contributed by atoms with van der Waals surface area (Å²) in [5, 5.41) is 4.19. The predicted octanol–water partition coefficient (Wildman–Crippen LogP) is 2.83. The minimum Gasteiger partial charge on any atom is -0.275 e. The third-order valence-electron chi connectivity index (χ3n) is 2.07. The molecule has 0 fully saturated rings. The van der Waals surface area contributed by atoms with Crippen LogP contribution in [0.5, 0.6) is 0 Å². The van der Waals surface area contributed by atoms with Crippen molar-refractivity contribution in [1.29, 1.82) is 0 Å². The van der Waals surface area contributed by atoms with E-state index >= 15 is 0 Å². The van der Waals surface area contributed by atoms with E-state index in [-0.39, 0.29) is 5.38 Å². The van der Waals surface area contributed by atoms with Gasteiger partial charge in [0.15, 0.2) is 0 Å². The van der Waals surface area contributed by atoms with E-state index in [0.717, 1.165) is 11.3 Å². The first-order valence-corrected chi connectivity index (χ1v) is 5.55. The monoisotopic (exact) mass is 256 g/mol. The van der Waals surface area contributed by atoms with Crippen LogP contribution >= 0.6 is 23.2 Å². The quantitative estimate of drug-likeness (QED) is 0.613. The van der Waals surface area contributed by atoms with Crippen molar-refractivity contribution in [2.45, 2.75) is 12.3 Å². The number of rotatable bonds is 2. The summed E-state index contributed by atoms with van der Waals surface area (Å²) < 4.78 is 1.70. The Balaban J connectivity index is 2.49. The van der Waals surface area contributed by atoms with Gasteiger partial charge >= 0.3 is 0 Å². The molecular weight excluding hydrogens is 247 g/mol. The van der Waals surface area contributed by atoms with E-state index in [2.05, 4.69) is 15.1 Å². The smallest absolute Gasteiger partial charge is 0.148 e. The summed E-state index contributed by atoms with van der Waals surface area (Å²) in [4.78, 5) is 8.40. The third-order valence-corrected chi connectivity index (χ3v) is 2.46. The van der Waals surface area contributed by atoms with Crippen LogP contribution in [0.3, 0.4) is 0 Å². The largest absolute Gasteiger partial charge is 0.275 e. The molecule has 1 unspecified atom stereocenters. The second-order valence-corrected chi connectivity index (χ2v) is 4.49.